The van der Waals surface area contributed by atoms with Crippen molar-refractivity contribution in [3.05, 3.63) is 83.9 Å². The molecule has 0 aliphatic rings. The Labute approximate surface area is 187 Å². The molecule has 0 saturated carbocycles. The molecule has 1 amide bonds. The van der Waals surface area contributed by atoms with E-state index in [-0.39, 0.29) is 11.6 Å². The number of hydrogen-bond donors (Lipinski definition) is 0. The molecule has 0 spiro atoms. The van der Waals surface area contributed by atoms with Crippen LogP contribution in [-0.4, -0.2) is 37.5 Å². The molecule has 0 aliphatic heterocycles. The van der Waals surface area contributed by atoms with Gasteiger partial charge in [0.05, 0.1) is 29.7 Å². The van der Waals surface area contributed by atoms with Crippen LogP contribution in [0.25, 0.3) is 27.5 Å². The lowest BCUT2D eigenvalue weighted by atomic mass is 10.1. The van der Waals surface area contributed by atoms with Crippen molar-refractivity contribution in [2.24, 2.45) is 0 Å². The van der Waals surface area contributed by atoms with Crippen LogP contribution >= 0.6 is 11.3 Å². The van der Waals surface area contributed by atoms with Crippen LogP contribution in [0, 0.1) is 11.3 Å². The number of fused-ring (bicyclic) bond motifs is 1. The summed E-state index contributed by atoms with van der Waals surface area (Å²) in [5, 5.41) is 17.8. The minimum absolute atomic E-state index is 0.261. The minimum Gasteiger partial charge on any atom is -0.310 e. The topological polar surface area (TPSA) is 100 Å². The molecule has 154 valence electrons. The molecule has 5 rings (SSSR count). The monoisotopic (exact) mass is 437 g/mol. The quantitative estimate of drug-likeness (QED) is 0.420. The summed E-state index contributed by atoms with van der Waals surface area (Å²) < 4.78 is 1.85. The van der Waals surface area contributed by atoms with Crippen LogP contribution in [0.5, 0.6) is 0 Å². The Morgan fingerprint density at radius 2 is 1.78 bits per heavy atom. The van der Waals surface area contributed by atoms with Crippen LogP contribution in [0.2, 0.25) is 0 Å². The van der Waals surface area contributed by atoms with Gasteiger partial charge in [0.25, 0.3) is 5.91 Å². The van der Waals surface area contributed by atoms with Gasteiger partial charge in [-0.15, -0.1) is 10.2 Å². The van der Waals surface area contributed by atoms with Gasteiger partial charge in [-0.25, -0.2) is 9.97 Å². The highest BCUT2D eigenvalue weighted by atomic mass is 32.1. The lowest BCUT2D eigenvalue weighted by Gasteiger charge is -2.17. The van der Waals surface area contributed by atoms with Gasteiger partial charge in [-0.2, -0.15) is 5.26 Å². The lowest BCUT2D eigenvalue weighted by molar-refractivity contribution is 0.0988. The van der Waals surface area contributed by atoms with Gasteiger partial charge >= 0.3 is 0 Å². The number of nitriles is 1. The van der Waals surface area contributed by atoms with Gasteiger partial charge in [0.1, 0.15) is 16.2 Å². The fourth-order valence-corrected chi connectivity index (χ4v) is 3.90. The fourth-order valence-electron chi connectivity index (χ4n) is 3.34. The highest BCUT2D eigenvalue weighted by molar-refractivity contribution is 7.12. The van der Waals surface area contributed by atoms with Crippen LogP contribution in [0.15, 0.2) is 72.6 Å². The van der Waals surface area contributed by atoms with E-state index in [1.54, 1.807) is 55.4 Å². The second-order valence-electron chi connectivity index (χ2n) is 6.99. The van der Waals surface area contributed by atoms with E-state index >= 15 is 0 Å². The van der Waals surface area contributed by atoms with Gasteiger partial charge in [-0.1, -0.05) is 35.6 Å². The molecule has 0 fully saturated rings. The van der Waals surface area contributed by atoms with Gasteiger partial charge in [0.2, 0.25) is 0 Å². The van der Waals surface area contributed by atoms with Crippen molar-refractivity contribution >= 4 is 28.6 Å². The predicted octanol–water partition coefficient (Wildman–Crippen LogP) is 4.06. The molecule has 3 aromatic heterocycles. The number of carbonyl (C=O) groups excluding carboxylic acids is 1. The van der Waals surface area contributed by atoms with E-state index < -0.39 is 0 Å². The maximum absolute atomic E-state index is 13.0. The molecule has 8 nitrogen and oxygen atoms in total. The predicted molar refractivity (Wildman–Crippen MR) is 121 cm³/mol. The molecule has 9 heteroatoms. The van der Waals surface area contributed by atoms with E-state index in [1.165, 1.54) is 16.2 Å². The lowest BCUT2D eigenvalue weighted by Crippen LogP contribution is -2.27. The largest absolute Gasteiger partial charge is 0.310 e. The van der Waals surface area contributed by atoms with E-state index in [4.69, 9.17) is 5.26 Å². The first-order valence-corrected chi connectivity index (χ1v) is 10.5. The van der Waals surface area contributed by atoms with Gasteiger partial charge in [0.15, 0.2) is 5.65 Å². The fraction of sp³-hybridized carbons (Fsp3) is 0.0435. The summed E-state index contributed by atoms with van der Waals surface area (Å²) in [4.78, 5) is 23.3. The van der Waals surface area contributed by atoms with Crippen molar-refractivity contribution in [3.8, 4) is 27.9 Å². The summed E-state index contributed by atoms with van der Waals surface area (Å²) in [7, 11) is 1.68. The third-order valence-electron chi connectivity index (χ3n) is 5.09. The molecular weight excluding hydrogens is 422 g/mol. The number of benzene rings is 2. The van der Waals surface area contributed by atoms with E-state index in [0.717, 1.165) is 21.8 Å². The third kappa shape index (κ3) is 3.49. The smallest absolute Gasteiger partial charge is 0.278 e. The van der Waals surface area contributed by atoms with Gasteiger partial charge in [0, 0.05) is 30.1 Å². The molecule has 0 bridgehead atoms. The van der Waals surface area contributed by atoms with Crippen molar-refractivity contribution < 1.29 is 4.79 Å². The maximum atomic E-state index is 13.0. The molecule has 0 N–H and O–H groups in total. The van der Waals surface area contributed by atoms with Crippen molar-refractivity contribution in [1.29, 1.82) is 5.26 Å². The average Bonchev–Trinajstić information content (AvgIpc) is 3.53. The number of amides is 1. The highest BCUT2D eigenvalue weighted by Gasteiger charge is 2.17. The maximum Gasteiger partial charge on any atom is 0.278 e. The summed E-state index contributed by atoms with van der Waals surface area (Å²) in [5.74, 6) is -0.261. The summed E-state index contributed by atoms with van der Waals surface area (Å²) in [6.45, 7) is 0. The van der Waals surface area contributed by atoms with E-state index in [0.29, 0.717) is 16.9 Å². The standard InChI is InChI=1S/C23H15N7OS/c1-29(18-8-2-15(10-24)3-9-18)23(31)19-13-30-20(11-26-21(30)12-25-19)16-4-6-17(7-5-16)22-28-27-14-32-22/h2-9,11-14H,1H3. The van der Waals surface area contributed by atoms with Crippen LogP contribution in [0.4, 0.5) is 5.69 Å². The number of imidazole rings is 1. The van der Waals surface area contributed by atoms with E-state index in [9.17, 15) is 4.79 Å². The molecule has 32 heavy (non-hydrogen) atoms. The number of hydrogen-bond acceptors (Lipinski definition) is 7. The molecule has 2 aromatic carbocycles. The second kappa shape index (κ2) is 8.02. The van der Waals surface area contributed by atoms with Gasteiger partial charge in [-0.3, -0.25) is 9.20 Å². The molecule has 0 atom stereocenters. The zero-order valence-corrected chi connectivity index (χ0v) is 17.7. The van der Waals surface area contributed by atoms with Crippen LogP contribution in [0.1, 0.15) is 16.1 Å². The highest BCUT2D eigenvalue weighted by Crippen LogP contribution is 2.26. The Hall–Kier alpha value is -4.42. The molecule has 0 saturated heterocycles. The first kappa shape index (κ1) is 19.5. The Balaban J connectivity index is 1.47. The number of anilines is 1. The Kier molecular flexibility index (Phi) is 4.89. The zero-order valence-electron chi connectivity index (χ0n) is 16.9. The first-order chi connectivity index (χ1) is 15.6. The van der Waals surface area contributed by atoms with Gasteiger partial charge < -0.3 is 4.90 Å². The van der Waals surface area contributed by atoms with Gasteiger partial charge in [-0.05, 0) is 24.3 Å². The summed E-state index contributed by atoms with van der Waals surface area (Å²) in [5.41, 5.74) is 6.64. The van der Waals surface area contributed by atoms with Crippen molar-refractivity contribution in [2.75, 3.05) is 11.9 Å². The van der Waals surface area contributed by atoms with Crippen LogP contribution in [-0.2, 0) is 0 Å². The molecule has 0 unspecified atom stereocenters. The normalized spacial score (nSPS) is 10.8. The minimum atomic E-state index is -0.261. The van der Waals surface area contributed by atoms with E-state index in [2.05, 4.69) is 26.2 Å². The number of nitrogens with zero attached hydrogens (tertiary/aromatic N) is 7. The SMILES string of the molecule is CN(C(=O)c1cn2c(-c3ccc(-c4nncs4)cc3)cnc2cn1)c1ccc(C#N)cc1. The number of carbonyl (C=O) groups is 1. The number of rotatable bonds is 4. The average molecular weight is 437 g/mol. The molecule has 0 radical (unpaired) electrons. The van der Waals surface area contributed by atoms with Crippen molar-refractivity contribution in [2.45, 2.75) is 0 Å². The molecule has 0 aliphatic carbocycles. The van der Waals surface area contributed by atoms with Crippen molar-refractivity contribution in [3.63, 3.8) is 0 Å². The Morgan fingerprint density at radius 3 is 2.47 bits per heavy atom. The molecule has 5 aromatic rings. The third-order valence-corrected chi connectivity index (χ3v) is 5.83. The first-order valence-electron chi connectivity index (χ1n) is 9.62. The van der Waals surface area contributed by atoms with Crippen LogP contribution < -0.4 is 4.90 Å². The molecule has 3 heterocycles. The van der Waals surface area contributed by atoms with E-state index in [1.807, 2.05) is 28.7 Å². The zero-order chi connectivity index (χ0) is 22.1. The summed E-state index contributed by atoms with van der Waals surface area (Å²) in [6, 6.07) is 16.8. The second-order valence-corrected chi connectivity index (χ2v) is 7.82. The van der Waals surface area contributed by atoms with Crippen molar-refractivity contribution in [1.82, 2.24) is 24.6 Å². The number of aromatic nitrogens is 5. The summed E-state index contributed by atoms with van der Waals surface area (Å²) >= 11 is 1.48. The van der Waals surface area contributed by atoms with Crippen LogP contribution in [0.3, 0.4) is 0 Å². The Bertz CT molecular complexity index is 1450. The molecular formula is C23H15N7OS. The summed E-state index contributed by atoms with van der Waals surface area (Å²) in [6.07, 6.45) is 5.04. The Morgan fingerprint density at radius 1 is 1.03 bits per heavy atom.